The van der Waals surface area contributed by atoms with E-state index in [4.69, 9.17) is 0 Å². The van der Waals surface area contributed by atoms with Gasteiger partial charge in [0.05, 0.1) is 11.4 Å². The molecule has 10 heteroatoms. The summed E-state index contributed by atoms with van der Waals surface area (Å²) in [4.78, 5) is 48.0. The standard InChI is InChI=1S/C30H36N6O4/c1-19(21-11-15-25(16-12-21)31-29(39)23-7-8-23)33-35-27(37)5-3-4-6-28(38)36-34-20(2)22-13-17-26(18-14-22)32-30(40)24-9-10-24/h11-18,23-24H,3-10H2,1-2H3,(H,31,39)(H,32,40)(H,35,37)(H,36,38)/b33-19+,34-20+. The molecule has 2 aromatic carbocycles. The van der Waals surface area contributed by atoms with Gasteiger partial charge in [0.2, 0.25) is 23.6 Å². The number of hydrazone groups is 2. The van der Waals surface area contributed by atoms with Crippen LogP contribution >= 0.6 is 0 Å². The predicted molar refractivity (Wildman–Crippen MR) is 155 cm³/mol. The maximum atomic E-state index is 12.1. The van der Waals surface area contributed by atoms with Crippen molar-refractivity contribution in [2.75, 3.05) is 10.6 Å². The molecule has 2 fully saturated rings. The molecule has 4 N–H and O–H groups in total. The van der Waals surface area contributed by atoms with Gasteiger partial charge in [0.25, 0.3) is 0 Å². The third-order valence-corrected chi connectivity index (χ3v) is 6.79. The fourth-order valence-corrected chi connectivity index (χ4v) is 3.87. The van der Waals surface area contributed by atoms with Crippen molar-refractivity contribution in [1.29, 1.82) is 0 Å². The lowest BCUT2D eigenvalue weighted by atomic mass is 10.1. The molecule has 2 aliphatic carbocycles. The van der Waals surface area contributed by atoms with Crippen molar-refractivity contribution in [1.82, 2.24) is 10.9 Å². The zero-order valence-corrected chi connectivity index (χ0v) is 23.0. The van der Waals surface area contributed by atoms with E-state index < -0.39 is 0 Å². The smallest absolute Gasteiger partial charge is 0.240 e. The fraction of sp³-hybridized carbons (Fsp3) is 0.400. The van der Waals surface area contributed by atoms with Crippen LogP contribution in [-0.4, -0.2) is 35.1 Å². The van der Waals surface area contributed by atoms with Crippen molar-refractivity contribution in [3.05, 3.63) is 59.7 Å². The molecule has 0 heterocycles. The SMILES string of the molecule is C/C(=N\NC(=O)CCCCC(=O)N/N=C(\C)c1ccc(NC(=O)C2CC2)cc1)c1ccc(NC(=O)C2CC2)cc1. The van der Waals surface area contributed by atoms with Crippen LogP contribution in [0.1, 0.15) is 76.3 Å². The number of nitrogens with one attached hydrogen (secondary N) is 4. The van der Waals surface area contributed by atoms with Crippen LogP contribution in [0, 0.1) is 11.8 Å². The molecule has 2 saturated carbocycles. The molecule has 0 atom stereocenters. The third kappa shape index (κ3) is 9.14. The Balaban J connectivity index is 1.10. The highest BCUT2D eigenvalue weighted by atomic mass is 16.2. The Kier molecular flexibility index (Phi) is 9.77. The molecule has 0 unspecified atom stereocenters. The summed E-state index contributed by atoms with van der Waals surface area (Å²) in [5.41, 5.74) is 9.58. The maximum Gasteiger partial charge on any atom is 0.240 e. The van der Waals surface area contributed by atoms with Gasteiger partial charge in [-0.25, -0.2) is 10.9 Å². The number of hydrogen-bond acceptors (Lipinski definition) is 6. The normalized spacial score (nSPS) is 15.2. The predicted octanol–water partition coefficient (Wildman–Crippen LogP) is 4.32. The number of carbonyl (C=O) groups is 4. The quantitative estimate of drug-likeness (QED) is 0.169. The van der Waals surface area contributed by atoms with E-state index >= 15 is 0 Å². The fourth-order valence-electron chi connectivity index (χ4n) is 3.87. The van der Waals surface area contributed by atoms with Crippen molar-refractivity contribution in [2.45, 2.75) is 65.2 Å². The monoisotopic (exact) mass is 544 g/mol. The molecule has 2 aliphatic rings. The Morgan fingerprint density at radius 2 is 0.975 bits per heavy atom. The molecule has 2 aromatic rings. The molecule has 0 aliphatic heterocycles. The van der Waals surface area contributed by atoms with Crippen LogP contribution < -0.4 is 21.5 Å². The molecule has 0 aromatic heterocycles. The van der Waals surface area contributed by atoms with E-state index in [0.717, 1.165) is 48.2 Å². The van der Waals surface area contributed by atoms with Crippen LogP contribution in [0.5, 0.6) is 0 Å². The van der Waals surface area contributed by atoms with Gasteiger partial charge < -0.3 is 10.6 Å². The molecule has 40 heavy (non-hydrogen) atoms. The van der Waals surface area contributed by atoms with E-state index in [1.807, 2.05) is 48.5 Å². The summed E-state index contributed by atoms with van der Waals surface area (Å²) < 4.78 is 0. The van der Waals surface area contributed by atoms with Crippen molar-refractivity contribution < 1.29 is 19.2 Å². The lowest BCUT2D eigenvalue weighted by Gasteiger charge is -2.07. The van der Waals surface area contributed by atoms with Crippen LogP contribution in [0.25, 0.3) is 0 Å². The highest BCUT2D eigenvalue weighted by Crippen LogP contribution is 2.31. The molecule has 10 nitrogen and oxygen atoms in total. The average molecular weight is 545 g/mol. The Bertz CT molecular complexity index is 1190. The van der Waals surface area contributed by atoms with Crippen LogP contribution in [-0.2, 0) is 19.2 Å². The lowest BCUT2D eigenvalue weighted by Crippen LogP contribution is -2.20. The highest BCUT2D eigenvalue weighted by Gasteiger charge is 2.30. The van der Waals surface area contributed by atoms with Gasteiger partial charge in [-0.2, -0.15) is 10.2 Å². The van der Waals surface area contributed by atoms with Gasteiger partial charge in [0.15, 0.2) is 0 Å². The molecule has 4 rings (SSSR count). The first-order valence-corrected chi connectivity index (χ1v) is 13.8. The first-order chi connectivity index (χ1) is 19.3. The number of nitrogens with zero attached hydrogens (tertiary/aromatic N) is 2. The Labute approximate surface area is 234 Å². The van der Waals surface area contributed by atoms with Crippen LogP contribution in [0.2, 0.25) is 0 Å². The molecule has 0 bridgehead atoms. The molecule has 4 amide bonds. The van der Waals surface area contributed by atoms with Gasteiger partial charge in [-0.3, -0.25) is 19.2 Å². The Morgan fingerprint density at radius 1 is 0.625 bits per heavy atom. The Hall–Kier alpha value is -4.34. The van der Waals surface area contributed by atoms with Crippen molar-refractivity contribution in [3.8, 4) is 0 Å². The van der Waals surface area contributed by atoms with E-state index in [1.165, 1.54) is 0 Å². The summed E-state index contributed by atoms with van der Waals surface area (Å²) in [6.45, 7) is 3.60. The van der Waals surface area contributed by atoms with Gasteiger partial charge in [0.1, 0.15) is 0 Å². The van der Waals surface area contributed by atoms with Gasteiger partial charge in [-0.15, -0.1) is 0 Å². The molecule has 0 saturated heterocycles. The topological polar surface area (TPSA) is 141 Å². The van der Waals surface area contributed by atoms with E-state index in [-0.39, 0.29) is 48.3 Å². The highest BCUT2D eigenvalue weighted by molar-refractivity contribution is 6.01. The molecular formula is C30H36N6O4. The number of anilines is 2. The molecule has 0 spiro atoms. The van der Waals surface area contributed by atoms with Gasteiger partial charge in [0, 0.05) is 36.1 Å². The summed E-state index contributed by atoms with van der Waals surface area (Å²) in [7, 11) is 0. The summed E-state index contributed by atoms with van der Waals surface area (Å²) in [5.74, 6) is -0.0355. The Morgan fingerprint density at radius 3 is 1.30 bits per heavy atom. The van der Waals surface area contributed by atoms with Crippen LogP contribution in [0.4, 0.5) is 11.4 Å². The third-order valence-electron chi connectivity index (χ3n) is 6.79. The average Bonchev–Trinajstić information content (AvgIpc) is 3.86. The molecule has 210 valence electrons. The van der Waals surface area contributed by atoms with E-state index in [1.54, 1.807) is 13.8 Å². The van der Waals surface area contributed by atoms with Crippen LogP contribution in [0.3, 0.4) is 0 Å². The summed E-state index contributed by atoms with van der Waals surface area (Å²) in [6.07, 6.45) is 5.41. The largest absolute Gasteiger partial charge is 0.326 e. The zero-order chi connectivity index (χ0) is 28.5. The van der Waals surface area contributed by atoms with E-state index in [2.05, 4.69) is 31.7 Å². The minimum absolute atomic E-state index is 0.0591. The number of rotatable bonds is 13. The summed E-state index contributed by atoms with van der Waals surface area (Å²) in [6, 6.07) is 14.7. The van der Waals surface area contributed by atoms with E-state index in [0.29, 0.717) is 24.3 Å². The molecular weight excluding hydrogens is 508 g/mol. The van der Waals surface area contributed by atoms with Gasteiger partial charge >= 0.3 is 0 Å². The minimum atomic E-state index is -0.223. The first kappa shape index (κ1) is 28.7. The number of amides is 4. The number of carbonyl (C=O) groups excluding carboxylic acids is 4. The second kappa shape index (κ2) is 13.6. The van der Waals surface area contributed by atoms with E-state index in [9.17, 15) is 19.2 Å². The van der Waals surface area contributed by atoms with Crippen LogP contribution in [0.15, 0.2) is 58.7 Å². The number of benzene rings is 2. The number of hydrogen-bond donors (Lipinski definition) is 4. The minimum Gasteiger partial charge on any atom is -0.326 e. The van der Waals surface area contributed by atoms with Crippen molar-refractivity contribution >= 4 is 46.4 Å². The lowest BCUT2D eigenvalue weighted by molar-refractivity contribution is -0.123. The number of unbranched alkanes of at least 4 members (excludes halogenated alkanes) is 1. The van der Waals surface area contributed by atoms with Crippen molar-refractivity contribution in [2.24, 2.45) is 22.0 Å². The van der Waals surface area contributed by atoms with Crippen molar-refractivity contribution in [3.63, 3.8) is 0 Å². The molecule has 0 radical (unpaired) electrons. The second-order valence-corrected chi connectivity index (χ2v) is 10.4. The second-order valence-electron chi connectivity index (χ2n) is 10.4. The van der Waals surface area contributed by atoms with Gasteiger partial charge in [-0.05, 0) is 87.8 Å². The summed E-state index contributed by atoms with van der Waals surface area (Å²) >= 11 is 0. The maximum absolute atomic E-state index is 12.1. The zero-order valence-electron chi connectivity index (χ0n) is 23.0. The first-order valence-electron chi connectivity index (χ1n) is 13.8. The van der Waals surface area contributed by atoms with Gasteiger partial charge in [-0.1, -0.05) is 24.3 Å². The summed E-state index contributed by atoms with van der Waals surface area (Å²) in [5, 5.41) is 14.1.